The Morgan fingerprint density at radius 1 is 1.32 bits per heavy atom. The number of hydrogen-bond acceptors (Lipinski definition) is 3. The minimum atomic E-state index is -3.42. The first-order valence-corrected chi connectivity index (χ1v) is 8.54. The molecule has 0 aliphatic carbocycles. The van der Waals surface area contributed by atoms with Crippen LogP contribution in [0.15, 0.2) is 27.6 Å². The molecule has 0 N–H and O–H groups in total. The number of rotatable bonds is 7. The largest absolute Gasteiger partial charge is 0.496 e. The van der Waals surface area contributed by atoms with Crippen molar-refractivity contribution in [2.45, 2.75) is 31.6 Å². The molecule has 6 heteroatoms. The number of benzene rings is 1. The Bertz CT molecular complexity index is 517. The van der Waals surface area contributed by atoms with Gasteiger partial charge in [-0.2, -0.15) is 4.31 Å². The summed E-state index contributed by atoms with van der Waals surface area (Å²) in [7, 11) is -1.87. The first-order valence-electron chi connectivity index (χ1n) is 6.31. The Balaban J connectivity index is 3.07. The van der Waals surface area contributed by atoms with E-state index in [-0.39, 0.29) is 4.90 Å². The first kappa shape index (κ1) is 16.5. The Labute approximate surface area is 123 Å². The lowest BCUT2D eigenvalue weighted by Crippen LogP contribution is -2.31. The number of ether oxygens (including phenoxy) is 1. The molecule has 1 aromatic carbocycles. The van der Waals surface area contributed by atoms with Crippen LogP contribution in [0.2, 0.25) is 0 Å². The maximum Gasteiger partial charge on any atom is 0.243 e. The highest BCUT2D eigenvalue weighted by Gasteiger charge is 2.23. The van der Waals surface area contributed by atoms with Crippen LogP contribution in [-0.2, 0) is 10.0 Å². The fourth-order valence-corrected chi connectivity index (χ4v) is 3.95. The number of hydrogen-bond donors (Lipinski definition) is 0. The molecular formula is C13H20BrNO3S. The molecule has 0 atom stereocenters. The summed E-state index contributed by atoms with van der Waals surface area (Å²) in [6.45, 7) is 4.93. The highest BCUT2D eigenvalue weighted by atomic mass is 79.9. The van der Waals surface area contributed by atoms with Crippen LogP contribution in [0.3, 0.4) is 0 Å². The van der Waals surface area contributed by atoms with Crippen molar-refractivity contribution in [1.82, 2.24) is 4.31 Å². The van der Waals surface area contributed by atoms with Crippen molar-refractivity contribution in [2.75, 3.05) is 20.2 Å². The summed E-state index contributed by atoms with van der Waals surface area (Å²) in [5, 5.41) is 0. The third-order valence-electron chi connectivity index (χ3n) is 2.87. The lowest BCUT2D eigenvalue weighted by Gasteiger charge is -2.20. The molecule has 0 saturated heterocycles. The molecule has 0 spiro atoms. The predicted molar refractivity (Wildman–Crippen MR) is 80.0 cm³/mol. The van der Waals surface area contributed by atoms with E-state index in [9.17, 15) is 8.42 Å². The Morgan fingerprint density at radius 3 is 2.47 bits per heavy atom. The van der Waals surface area contributed by atoms with Gasteiger partial charge in [-0.05, 0) is 40.5 Å². The Kier molecular flexibility index (Phi) is 6.29. The molecule has 0 heterocycles. The summed E-state index contributed by atoms with van der Waals surface area (Å²) in [6, 6.07) is 4.82. The van der Waals surface area contributed by atoms with Crippen molar-refractivity contribution in [1.29, 1.82) is 0 Å². The smallest absolute Gasteiger partial charge is 0.243 e. The van der Waals surface area contributed by atoms with Crippen molar-refractivity contribution >= 4 is 26.0 Å². The molecule has 0 aliphatic heterocycles. The van der Waals surface area contributed by atoms with E-state index in [1.54, 1.807) is 25.3 Å². The van der Waals surface area contributed by atoms with Gasteiger partial charge >= 0.3 is 0 Å². The zero-order valence-electron chi connectivity index (χ0n) is 11.5. The summed E-state index contributed by atoms with van der Waals surface area (Å²) in [5.74, 6) is 0.621. The van der Waals surface area contributed by atoms with E-state index in [0.29, 0.717) is 23.3 Å². The fourth-order valence-electron chi connectivity index (χ4n) is 1.74. The molecule has 0 amide bonds. The molecule has 0 saturated carbocycles. The van der Waals surface area contributed by atoms with Gasteiger partial charge < -0.3 is 4.74 Å². The molecule has 0 unspecified atom stereocenters. The minimum Gasteiger partial charge on any atom is -0.496 e. The van der Waals surface area contributed by atoms with Gasteiger partial charge in [0, 0.05) is 13.1 Å². The van der Waals surface area contributed by atoms with Crippen LogP contribution in [0.25, 0.3) is 0 Å². The van der Waals surface area contributed by atoms with E-state index in [1.807, 2.05) is 13.8 Å². The molecule has 19 heavy (non-hydrogen) atoms. The van der Waals surface area contributed by atoms with Gasteiger partial charge in [-0.1, -0.05) is 20.3 Å². The van der Waals surface area contributed by atoms with Crippen molar-refractivity contribution < 1.29 is 13.2 Å². The van der Waals surface area contributed by atoms with Crippen LogP contribution in [0.1, 0.15) is 26.7 Å². The van der Waals surface area contributed by atoms with Gasteiger partial charge in [0.15, 0.2) is 0 Å². The standard InChI is InChI=1S/C13H20BrNO3S/c1-4-6-9-15(5-2)19(16,17)11-7-8-13(18-3)12(14)10-11/h7-8,10H,4-6,9H2,1-3H3. The van der Waals surface area contributed by atoms with E-state index in [1.165, 1.54) is 4.31 Å². The van der Waals surface area contributed by atoms with Crippen molar-refractivity contribution in [3.05, 3.63) is 22.7 Å². The molecule has 108 valence electrons. The van der Waals surface area contributed by atoms with Gasteiger partial charge in [-0.25, -0.2) is 8.42 Å². The van der Waals surface area contributed by atoms with Crippen molar-refractivity contribution in [3.63, 3.8) is 0 Å². The maximum absolute atomic E-state index is 12.5. The summed E-state index contributed by atoms with van der Waals surface area (Å²) >= 11 is 3.32. The summed E-state index contributed by atoms with van der Waals surface area (Å²) in [4.78, 5) is 0.290. The normalized spacial score (nSPS) is 11.8. The van der Waals surface area contributed by atoms with Crippen LogP contribution in [0.5, 0.6) is 5.75 Å². The Hall–Kier alpha value is -0.590. The van der Waals surface area contributed by atoms with Crippen LogP contribution >= 0.6 is 15.9 Å². The van der Waals surface area contributed by atoms with E-state index in [4.69, 9.17) is 4.74 Å². The molecule has 1 aromatic rings. The van der Waals surface area contributed by atoms with Gasteiger partial charge in [0.1, 0.15) is 5.75 Å². The average molecular weight is 350 g/mol. The average Bonchev–Trinajstić information content (AvgIpc) is 2.39. The number of methoxy groups -OCH3 is 1. The van der Waals surface area contributed by atoms with E-state index < -0.39 is 10.0 Å². The van der Waals surface area contributed by atoms with Crippen LogP contribution in [0.4, 0.5) is 0 Å². The van der Waals surface area contributed by atoms with Gasteiger partial charge in [0.25, 0.3) is 0 Å². The number of unbranched alkanes of at least 4 members (excludes halogenated alkanes) is 1. The van der Waals surface area contributed by atoms with Gasteiger partial charge in [0.05, 0.1) is 16.5 Å². The Morgan fingerprint density at radius 2 is 2.00 bits per heavy atom. The highest BCUT2D eigenvalue weighted by Crippen LogP contribution is 2.28. The lowest BCUT2D eigenvalue weighted by molar-refractivity contribution is 0.410. The van der Waals surface area contributed by atoms with E-state index in [2.05, 4.69) is 15.9 Å². The third-order valence-corrected chi connectivity index (χ3v) is 5.46. The summed E-state index contributed by atoms with van der Waals surface area (Å²) in [5.41, 5.74) is 0. The second kappa shape index (κ2) is 7.26. The summed E-state index contributed by atoms with van der Waals surface area (Å²) < 4.78 is 32.2. The zero-order valence-corrected chi connectivity index (χ0v) is 13.9. The van der Waals surface area contributed by atoms with Crippen LogP contribution < -0.4 is 4.74 Å². The SMILES string of the molecule is CCCCN(CC)S(=O)(=O)c1ccc(OC)c(Br)c1. The third kappa shape index (κ3) is 3.94. The molecule has 0 aromatic heterocycles. The van der Waals surface area contributed by atoms with Crippen LogP contribution in [0, 0.1) is 0 Å². The zero-order chi connectivity index (χ0) is 14.5. The highest BCUT2D eigenvalue weighted by molar-refractivity contribution is 9.10. The first-order chi connectivity index (χ1) is 8.97. The molecular weight excluding hydrogens is 330 g/mol. The number of sulfonamides is 1. The van der Waals surface area contributed by atoms with Gasteiger partial charge in [-0.3, -0.25) is 0 Å². The molecule has 0 aliphatic rings. The second-order valence-corrected chi connectivity index (χ2v) is 6.94. The number of halogens is 1. The molecule has 1 rings (SSSR count). The van der Waals surface area contributed by atoms with E-state index in [0.717, 1.165) is 12.8 Å². The molecule has 0 radical (unpaired) electrons. The minimum absolute atomic E-state index is 0.290. The molecule has 4 nitrogen and oxygen atoms in total. The summed E-state index contributed by atoms with van der Waals surface area (Å²) in [6.07, 6.45) is 1.84. The van der Waals surface area contributed by atoms with E-state index >= 15 is 0 Å². The fraction of sp³-hybridized carbons (Fsp3) is 0.538. The lowest BCUT2D eigenvalue weighted by atomic mass is 10.3. The van der Waals surface area contributed by atoms with Crippen molar-refractivity contribution in [2.24, 2.45) is 0 Å². The number of nitrogens with zero attached hydrogens (tertiary/aromatic N) is 1. The molecule has 0 fully saturated rings. The maximum atomic E-state index is 12.5. The van der Waals surface area contributed by atoms with Crippen LogP contribution in [-0.4, -0.2) is 32.9 Å². The molecule has 0 bridgehead atoms. The van der Waals surface area contributed by atoms with Gasteiger partial charge in [0.2, 0.25) is 10.0 Å². The topological polar surface area (TPSA) is 46.6 Å². The van der Waals surface area contributed by atoms with Crippen molar-refractivity contribution in [3.8, 4) is 5.75 Å². The quantitative estimate of drug-likeness (QED) is 0.758. The predicted octanol–water partition coefficient (Wildman–Crippen LogP) is 3.27. The monoisotopic (exact) mass is 349 g/mol. The van der Waals surface area contributed by atoms with Gasteiger partial charge in [-0.15, -0.1) is 0 Å². The second-order valence-electron chi connectivity index (χ2n) is 4.15.